The van der Waals surface area contributed by atoms with Gasteiger partial charge in [-0.15, -0.1) is 0 Å². The zero-order valence-electron chi connectivity index (χ0n) is 12.0. The van der Waals surface area contributed by atoms with E-state index in [4.69, 9.17) is 9.47 Å². The van der Waals surface area contributed by atoms with Crippen LogP contribution in [0.4, 0.5) is 0 Å². The fourth-order valence-electron chi connectivity index (χ4n) is 1.80. The Bertz CT molecular complexity index is 364. The smallest absolute Gasteiger partial charge is 0.122 e. The quantitative estimate of drug-likeness (QED) is 0.720. The van der Waals surface area contributed by atoms with E-state index in [-0.39, 0.29) is 0 Å². The maximum absolute atomic E-state index is 5.80. The molecular formula is C15H25NO2. The van der Waals surface area contributed by atoms with Crippen molar-refractivity contribution in [2.75, 3.05) is 32.9 Å². The van der Waals surface area contributed by atoms with Gasteiger partial charge in [0.1, 0.15) is 12.4 Å². The molecule has 18 heavy (non-hydrogen) atoms. The highest BCUT2D eigenvalue weighted by Gasteiger charge is 2.03. The second-order valence-electron chi connectivity index (χ2n) is 4.50. The fraction of sp³-hybridized carbons (Fsp3) is 0.600. The molecule has 0 aromatic heterocycles. The van der Waals surface area contributed by atoms with Gasteiger partial charge in [-0.3, -0.25) is 0 Å². The van der Waals surface area contributed by atoms with Gasteiger partial charge in [-0.05, 0) is 50.5 Å². The van der Waals surface area contributed by atoms with Crippen LogP contribution in [0.3, 0.4) is 0 Å². The number of benzene rings is 1. The topological polar surface area (TPSA) is 30.5 Å². The third-order valence-corrected chi connectivity index (χ3v) is 2.93. The molecule has 1 rings (SSSR count). The average molecular weight is 251 g/mol. The molecule has 0 radical (unpaired) electrons. The SMILES string of the molecule is CCOCCNCCOc1cc(C)cc(C)c1C. The van der Waals surface area contributed by atoms with E-state index in [2.05, 4.69) is 38.2 Å². The number of ether oxygens (including phenoxy) is 2. The van der Waals surface area contributed by atoms with E-state index in [0.29, 0.717) is 6.61 Å². The molecule has 0 saturated heterocycles. The predicted molar refractivity (Wildman–Crippen MR) is 75.5 cm³/mol. The summed E-state index contributed by atoms with van der Waals surface area (Å²) in [7, 11) is 0. The minimum Gasteiger partial charge on any atom is -0.492 e. The van der Waals surface area contributed by atoms with Crippen LogP contribution >= 0.6 is 0 Å². The zero-order valence-corrected chi connectivity index (χ0v) is 12.0. The van der Waals surface area contributed by atoms with Gasteiger partial charge in [-0.1, -0.05) is 6.07 Å². The second-order valence-corrected chi connectivity index (χ2v) is 4.50. The van der Waals surface area contributed by atoms with Gasteiger partial charge in [0, 0.05) is 19.7 Å². The van der Waals surface area contributed by atoms with Gasteiger partial charge in [0.05, 0.1) is 6.61 Å². The Balaban J connectivity index is 2.27. The molecule has 3 nitrogen and oxygen atoms in total. The van der Waals surface area contributed by atoms with Crippen LogP contribution in [0.2, 0.25) is 0 Å². The lowest BCUT2D eigenvalue weighted by atomic mass is 10.1. The van der Waals surface area contributed by atoms with Gasteiger partial charge in [-0.2, -0.15) is 0 Å². The van der Waals surface area contributed by atoms with Crippen LogP contribution in [-0.4, -0.2) is 32.9 Å². The van der Waals surface area contributed by atoms with E-state index in [1.165, 1.54) is 16.7 Å². The molecule has 1 aromatic rings. The van der Waals surface area contributed by atoms with Crippen molar-refractivity contribution < 1.29 is 9.47 Å². The largest absolute Gasteiger partial charge is 0.492 e. The summed E-state index contributed by atoms with van der Waals surface area (Å²) in [6, 6.07) is 4.28. The number of nitrogens with one attached hydrogen (secondary N) is 1. The van der Waals surface area contributed by atoms with Gasteiger partial charge < -0.3 is 14.8 Å². The molecule has 0 aliphatic rings. The number of hydrogen-bond acceptors (Lipinski definition) is 3. The highest BCUT2D eigenvalue weighted by atomic mass is 16.5. The molecule has 1 N–H and O–H groups in total. The molecular weight excluding hydrogens is 226 g/mol. The Hall–Kier alpha value is -1.06. The molecule has 102 valence electrons. The van der Waals surface area contributed by atoms with Crippen molar-refractivity contribution in [2.24, 2.45) is 0 Å². The maximum atomic E-state index is 5.80. The normalized spacial score (nSPS) is 10.7. The lowest BCUT2D eigenvalue weighted by Gasteiger charge is -2.12. The summed E-state index contributed by atoms with van der Waals surface area (Å²) in [5, 5.41) is 3.29. The van der Waals surface area contributed by atoms with E-state index >= 15 is 0 Å². The Morgan fingerprint density at radius 1 is 1.06 bits per heavy atom. The van der Waals surface area contributed by atoms with Gasteiger partial charge in [0.15, 0.2) is 0 Å². The molecule has 0 heterocycles. The van der Waals surface area contributed by atoms with Gasteiger partial charge >= 0.3 is 0 Å². The van der Waals surface area contributed by atoms with Crippen molar-refractivity contribution in [3.05, 3.63) is 28.8 Å². The lowest BCUT2D eigenvalue weighted by molar-refractivity contribution is 0.148. The first-order valence-electron chi connectivity index (χ1n) is 6.64. The maximum Gasteiger partial charge on any atom is 0.122 e. The molecule has 0 aliphatic carbocycles. The monoisotopic (exact) mass is 251 g/mol. The van der Waals surface area contributed by atoms with Crippen molar-refractivity contribution in [1.82, 2.24) is 5.32 Å². The summed E-state index contributed by atoms with van der Waals surface area (Å²) in [6.45, 7) is 12.3. The Kier molecular flexibility index (Phi) is 6.76. The van der Waals surface area contributed by atoms with Crippen LogP contribution in [0, 0.1) is 20.8 Å². The lowest BCUT2D eigenvalue weighted by Crippen LogP contribution is -2.25. The van der Waals surface area contributed by atoms with E-state index in [1.54, 1.807) is 0 Å². The summed E-state index contributed by atoms with van der Waals surface area (Å²) in [5.41, 5.74) is 3.77. The molecule has 0 amide bonds. The molecule has 0 fully saturated rings. The van der Waals surface area contributed by atoms with E-state index < -0.39 is 0 Å². The van der Waals surface area contributed by atoms with Gasteiger partial charge in [0.2, 0.25) is 0 Å². The molecule has 0 bridgehead atoms. The summed E-state index contributed by atoms with van der Waals surface area (Å²) >= 11 is 0. The third kappa shape index (κ3) is 5.07. The van der Waals surface area contributed by atoms with Crippen molar-refractivity contribution in [3.8, 4) is 5.75 Å². The van der Waals surface area contributed by atoms with Crippen LogP contribution in [0.15, 0.2) is 12.1 Å². The minimum atomic E-state index is 0.690. The predicted octanol–water partition coefficient (Wildman–Crippen LogP) is 2.62. The number of rotatable bonds is 8. The molecule has 0 atom stereocenters. The Labute approximate surface area is 110 Å². The Morgan fingerprint density at radius 3 is 2.50 bits per heavy atom. The molecule has 0 saturated carbocycles. The van der Waals surface area contributed by atoms with E-state index in [0.717, 1.165) is 32.1 Å². The van der Waals surface area contributed by atoms with Crippen LogP contribution in [0.5, 0.6) is 5.75 Å². The second kappa shape index (κ2) is 8.11. The molecule has 0 spiro atoms. The van der Waals surface area contributed by atoms with Crippen molar-refractivity contribution >= 4 is 0 Å². The van der Waals surface area contributed by atoms with Crippen molar-refractivity contribution in [1.29, 1.82) is 0 Å². The van der Waals surface area contributed by atoms with Gasteiger partial charge in [-0.25, -0.2) is 0 Å². The first kappa shape index (κ1) is 15.0. The fourth-order valence-corrected chi connectivity index (χ4v) is 1.80. The minimum absolute atomic E-state index is 0.690. The summed E-state index contributed by atoms with van der Waals surface area (Å²) in [4.78, 5) is 0. The molecule has 3 heteroatoms. The first-order valence-corrected chi connectivity index (χ1v) is 6.64. The summed E-state index contributed by atoms with van der Waals surface area (Å²) < 4.78 is 11.0. The first-order chi connectivity index (χ1) is 8.65. The number of hydrogen-bond donors (Lipinski definition) is 1. The van der Waals surface area contributed by atoms with Crippen LogP contribution in [0.1, 0.15) is 23.6 Å². The molecule has 0 unspecified atom stereocenters. The summed E-state index contributed by atoms with van der Waals surface area (Å²) in [6.07, 6.45) is 0. The van der Waals surface area contributed by atoms with Crippen molar-refractivity contribution in [3.63, 3.8) is 0 Å². The standard InChI is InChI=1S/C15H25NO2/c1-5-17-8-6-16-7-9-18-15-11-12(2)10-13(3)14(15)4/h10-11,16H,5-9H2,1-4H3. The summed E-state index contributed by atoms with van der Waals surface area (Å²) in [5.74, 6) is 0.999. The zero-order chi connectivity index (χ0) is 13.4. The van der Waals surface area contributed by atoms with E-state index in [1.807, 2.05) is 6.92 Å². The van der Waals surface area contributed by atoms with Gasteiger partial charge in [0.25, 0.3) is 0 Å². The average Bonchev–Trinajstić information content (AvgIpc) is 2.33. The molecule has 0 aliphatic heterocycles. The van der Waals surface area contributed by atoms with Crippen molar-refractivity contribution in [2.45, 2.75) is 27.7 Å². The van der Waals surface area contributed by atoms with Crippen LogP contribution < -0.4 is 10.1 Å². The molecule has 1 aromatic carbocycles. The Morgan fingerprint density at radius 2 is 1.78 bits per heavy atom. The van der Waals surface area contributed by atoms with Crippen LogP contribution in [0.25, 0.3) is 0 Å². The third-order valence-electron chi connectivity index (χ3n) is 2.93. The van der Waals surface area contributed by atoms with Crippen LogP contribution in [-0.2, 0) is 4.74 Å². The highest BCUT2D eigenvalue weighted by Crippen LogP contribution is 2.22. The highest BCUT2D eigenvalue weighted by molar-refractivity contribution is 5.41. The number of aryl methyl sites for hydroxylation is 2. The van der Waals surface area contributed by atoms with E-state index in [9.17, 15) is 0 Å².